The van der Waals surface area contributed by atoms with Crippen molar-refractivity contribution in [3.05, 3.63) is 170 Å². The number of rotatable bonds is 93. The number of aliphatic hydroxyl groups is 2. The molecule has 0 heterocycles. The van der Waals surface area contributed by atoms with E-state index in [9.17, 15) is 43.5 Å². The first kappa shape index (κ1) is 118. The Morgan fingerprint density at radius 2 is 0.431 bits per heavy atom. The molecule has 18 heteroatoms. The summed E-state index contributed by atoms with van der Waals surface area (Å²) in [6, 6.07) is 0. The SMILES string of the molecule is CC/C=C\C/C=C\C/C=C\C/C=C\C/C=C\C/C=C\CCCCCCCCCCCCCCCCC(=O)OCC(O)COP(=O)(O)OCC(O)COP(=O)(O)OCC(COC(=O)CCCCCCCCCCCCCCCCC/C=C\C/C=C\C/C=C\C/C=C\CCCCC)OC(=O)CCCCCCCCC/C=C\C/C=C\C/C=C\C/C=C\CCCCC. The minimum Gasteiger partial charge on any atom is -0.463 e. The number of phosphoric acid groups is 2. The summed E-state index contributed by atoms with van der Waals surface area (Å²) in [6.45, 7) is 2.56. The van der Waals surface area contributed by atoms with Crippen LogP contribution in [0.1, 0.15) is 419 Å². The van der Waals surface area contributed by atoms with Crippen molar-refractivity contribution >= 4 is 33.6 Å². The van der Waals surface area contributed by atoms with E-state index in [1.54, 1.807) is 0 Å². The van der Waals surface area contributed by atoms with Gasteiger partial charge in [-0.2, -0.15) is 0 Å². The summed E-state index contributed by atoms with van der Waals surface area (Å²) in [4.78, 5) is 59.1. The Morgan fingerprint density at radius 1 is 0.236 bits per heavy atom. The highest BCUT2D eigenvalue weighted by molar-refractivity contribution is 7.47. The van der Waals surface area contributed by atoms with Gasteiger partial charge in [-0.3, -0.25) is 32.5 Å². The molecule has 0 amide bonds. The summed E-state index contributed by atoms with van der Waals surface area (Å²) in [5.74, 6) is -1.58. The summed E-state index contributed by atoms with van der Waals surface area (Å²) < 4.78 is 61.6. The predicted molar refractivity (Wildman–Crippen MR) is 519 cm³/mol. The third-order valence-electron chi connectivity index (χ3n) is 20.9. The van der Waals surface area contributed by atoms with E-state index < -0.39 is 91.5 Å². The number of carbonyl (C=O) groups excluding carboxylic acids is 3. The van der Waals surface area contributed by atoms with E-state index in [1.165, 1.54) is 193 Å². The molecule has 0 aliphatic heterocycles. The first-order chi connectivity index (χ1) is 60.2. The number of hydrogen-bond donors (Lipinski definition) is 4. The number of ether oxygens (including phenoxy) is 3. The first-order valence-electron chi connectivity index (χ1n) is 49.4. The lowest BCUT2D eigenvalue weighted by atomic mass is 10.0. The van der Waals surface area contributed by atoms with Gasteiger partial charge in [-0.1, -0.05) is 409 Å². The van der Waals surface area contributed by atoms with E-state index in [0.717, 1.165) is 167 Å². The minimum absolute atomic E-state index is 0.0897. The topological polar surface area (TPSA) is 231 Å². The van der Waals surface area contributed by atoms with Crippen LogP contribution >= 0.6 is 15.6 Å². The maximum atomic E-state index is 13.1. The van der Waals surface area contributed by atoms with E-state index in [4.69, 9.17) is 32.3 Å². The summed E-state index contributed by atoms with van der Waals surface area (Å²) in [5.41, 5.74) is 0. The highest BCUT2D eigenvalue weighted by Crippen LogP contribution is 2.45. The molecule has 0 saturated heterocycles. The van der Waals surface area contributed by atoms with Crippen LogP contribution in [-0.2, 0) is 55.8 Å². The molecule has 0 aliphatic carbocycles. The molecule has 706 valence electrons. The van der Waals surface area contributed by atoms with Crippen LogP contribution in [0, 0.1) is 0 Å². The number of phosphoric ester groups is 2. The summed E-state index contributed by atoms with van der Waals surface area (Å²) in [5, 5.41) is 20.8. The fourth-order valence-electron chi connectivity index (χ4n) is 13.4. The molecule has 5 atom stereocenters. The molecule has 0 radical (unpaired) electrons. The molecule has 0 aliphatic rings. The molecule has 4 N–H and O–H groups in total. The number of hydrogen-bond acceptors (Lipinski definition) is 14. The molecular weight excluding hydrogens is 1580 g/mol. The number of aliphatic hydroxyl groups excluding tert-OH is 2. The maximum absolute atomic E-state index is 13.1. The van der Waals surface area contributed by atoms with Crippen molar-refractivity contribution in [2.45, 2.75) is 437 Å². The largest absolute Gasteiger partial charge is 0.472 e. The lowest BCUT2D eigenvalue weighted by Crippen LogP contribution is -2.30. The van der Waals surface area contributed by atoms with Crippen molar-refractivity contribution in [3.8, 4) is 0 Å². The average Bonchev–Trinajstić information content (AvgIpc) is 0.898. The first-order valence-corrected chi connectivity index (χ1v) is 52.4. The van der Waals surface area contributed by atoms with E-state index in [2.05, 4.69) is 191 Å². The second-order valence-corrected chi connectivity index (χ2v) is 35.7. The third kappa shape index (κ3) is 97.4. The molecule has 123 heavy (non-hydrogen) atoms. The second kappa shape index (κ2) is 96.0. The number of carbonyl (C=O) groups is 3. The highest BCUT2D eigenvalue weighted by atomic mass is 31.2. The molecule has 0 aromatic heterocycles. The lowest BCUT2D eigenvalue weighted by molar-refractivity contribution is -0.161. The maximum Gasteiger partial charge on any atom is 0.472 e. The predicted octanol–water partition coefficient (Wildman–Crippen LogP) is 31.0. The monoisotopic (exact) mass is 1760 g/mol. The Kier molecular flexibility index (Phi) is 92.0. The van der Waals surface area contributed by atoms with Crippen LogP contribution in [0.5, 0.6) is 0 Å². The normalized spacial score (nSPS) is 14.4. The number of allylic oxidation sites excluding steroid dienone is 28. The lowest BCUT2D eigenvalue weighted by Gasteiger charge is -2.21. The van der Waals surface area contributed by atoms with Gasteiger partial charge in [0, 0.05) is 19.3 Å². The highest BCUT2D eigenvalue weighted by Gasteiger charge is 2.30. The van der Waals surface area contributed by atoms with Crippen molar-refractivity contribution in [2.75, 3.05) is 39.6 Å². The van der Waals surface area contributed by atoms with Crippen LogP contribution in [0.4, 0.5) is 0 Å². The summed E-state index contributed by atoms with van der Waals surface area (Å²) in [7, 11) is -9.82. The van der Waals surface area contributed by atoms with Gasteiger partial charge in [0.15, 0.2) is 6.10 Å². The fraction of sp³-hybridized carbons (Fsp3) is 0.705. The zero-order valence-corrected chi connectivity index (χ0v) is 79.9. The Labute approximate surface area is 752 Å². The van der Waals surface area contributed by atoms with Gasteiger partial charge in [-0.25, -0.2) is 9.13 Å². The summed E-state index contributed by atoms with van der Waals surface area (Å²) in [6.07, 6.45) is 125. The second-order valence-electron chi connectivity index (χ2n) is 32.8. The number of esters is 3. The summed E-state index contributed by atoms with van der Waals surface area (Å²) >= 11 is 0. The van der Waals surface area contributed by atoms with Crippen molar-refractivity contribution in [2.24, 2.45) is 0 Å². The van der Waals surface area contributed by atoms with E-state index in [1.807, 2.05) is 0 Å². The van der Waals surface area contributed by atoms with Crippen LogP contribution in [0.3, 0.4) is 0 Å². The van der Waals surface area contributed by atoms with Crippen molar-refractivity contribution < 1.29 is 75.8 Å². The van der Waals surface area contributed by atoms with Crippen LogP contribution in [-0.4, -0.2) is 95.9 Å². The van der Waals surface area contributed by atoms with Gasteiger partial charge in [0.2, 0.25) is 0 Å². The van der Waals surface area contributed by atoms with Crippen molar-refractivity contribution in [1.29, 1.82) is 0 Å². The molecule has 0 fully saturated rings. The zero-order valence-electron chi connectivity index (χ0n) is 78.1. The van der Waals surface area contributed by atoms with Gasteiger partial charge >= 0.3 is 33.6 Å². The molecule has 0 saturated carbocycles. The van der Waals surface area contributed by atoms with E-state index in [0.29, 0.717) is 19.3 Å². The molecule has 5 unspecified atom stereocenters. The Hall–Kier alpha value is -5.09. The Bertz CT molecular complexity index is 2920. The molecule has 16 nitrogen and oxygen atoms in total. The van der Waals surface area contributed by atoms with Gasteiger partial charge in [0.05, 0.1) is 26.4 Å². The minimum atomic E-state index is -4.95. The fourth-order valence-corrected chi connectivity index (χ4v) is 15.0. The molecular formula is C105H180O16P2. The standard InChI is InChI=1S/C105H180O16P2/c1-4-7-10-13-16-19-22-25-28-31-34-37-40-42-44-46-48-49-51-53-54-56-59-61-64-67-70-73-76-79-82-85-88-91-103(108)115-94-100(106)95-117-122(111,112)118-96-101(107)97-119-123(113,114)120-99-102(121-105(110)93-90-87-84-81-78-75-72-69-66-63-58-39-36-33-30-27-24-21-18-15-12-9-6-3)98-116-104(109)92-89-86-83-80-77-74-71-68-65-62-60-57-55-52-50-47-45-43-41-38-35-32-29-26-23-20-17-14-11-8-5-2/h7,10,16-21,25-30,34-39,42-45,48-49,63,66,100-102,106-107H,4-6,8-9,11-15,22-24,31-33,40-41,46-47,50-62,64-65,67-99H2,1-3H3,(H,111,112)(H,113,114)/b10-7-,19-16-,20-17-,21-18-,28-25-,29-26-,30-27-,37-34-,38-35-,39-36-,44-42-,45-43-,49-48-,66-63-. The Balaban J connectivity index is 4.59. The van der Waals surface area contributed by atoms with Crippen molar-refractivity contribution in [1.82, 2.24) is 0 Å². The Morgan fingerprint density at radius 3 is 0.683 bits per heavy atom. The third-order valence-corrected chi connectivity index (χ3v) is 22.8. The van der Waals surface area contributed by atoms with Gasteiger partial charge in [0.25, 0.3) is 0 Å². The van der Waals surface area contributed by atoms with Gasteiger partial charge in [-0.05, 0) is 161 Å². The smallest absolute Gasteiger partial charge is 0.463 e. The molecule has 0 aromatic rings. The zero-order chi connectivity index (χ0) is 89.3. The quantitative estimate of drug-likeness (QED) is 0.0146. The van der Waals surface area contributed by atoms with Crippen LogP contribution < -0.4 is 0 Å². The van der Waals surface area contributed by atoms with E-state index >= 15 is 0 Å². The van der Waals surface area contributed by atoms with Crippen LogP contribution in [0.25, 0.3) is 0 Å². The van der Waals surface area contributed by atoms with Gasteiger partial charge < -0.3 is 34.2 Å². The number of unbranched alkanes of at least 4 members (excludes halogenated alkanes) is 42. The van der Waals surface area contributed by atoms with Crippen LogP contribution in [0.15, 0.2) is 170 Å². The molecule has 0 aromatic carbocycles. The molecule has 0 spiro atoms. The van der Waals surface area contributed by atoms with Crippen LogP contribution in [0.2, 0.25) is 0 Å². The molecule has 0 bridgehead atoms. The van der Waals surface area contributed by atoms with Crippen molar-refractivity contribution in [3.63, 3.8) is 0 Å². The van der Waals surface area contributed by atoms with Gasteiger partial charge in [-0.15, -0.1) is 0 Å². The van der Waals surface area contributed by atoms with Gasteiger partial charge in [0.1, 0.15) is 25.4 Å². The molecule has 0 rings (SSSR count). The van der Waals surface area contributed by atoms with E-state index in [-0.39, 0.29) is 19.3 Å². The average molecular weight is 1760 g/mol.